The maximum Gasteiger partial charge on any atom is 0.306 e. The fourth-order valence-corrected chi connectivity index (χ4v) is 6.32. The summed E-state index contributed by atoms with van der Waals surface area (Å²) in [5.41, 5.74) is 0. The lowest BCUT2D eigenvalue weighted by Crippen LogP contribution is -2.37. The van der Waals surface area contributed by atoms with Gasteiger partial charge in [-0.1, -0.05) is 159 Å². The Kier molecular flexibility index (Phi) is 36.3. The first-order chi connectivity index (χ1) is 25.6. The van der Waals surface area contributed by atoms with Crippen molar-refractivity contribution < 1.29 is 37.3 Å². The maximum absolute atomic E-state index is 12.6. The molecule has 0 heterocycles. The van der Waals surface area contributed by atoms with Gasteiger partial charge in [-0.05, 0) is 51.4 Å². The van der Waals surface area contributed by atoms with Crippen molar-refractivity contribution in [2.75, 3.05) is 54.1 Å². The molecule has 0 N–H and O–H groups in total. The number of hydrogen-bond donors (Lipinski definition) is 0. The zero-order chi connectivity index (χ0) is 39.1. The molecule has 0 aromatic rings. The van der Waals surface area contributed by atoms with Gasteiger partial charge in [-0.2, -0.15) is 0 Å². The van der Waals surface area contributed by atoms with E-state index in [-0.39, 0.29) is 25.8 Å². The molecule has 0 fully saturated rings. The van der Waals surface area contributed by atoms with E-state index in [1.165, 1.54) is 89.9 Å². The summed E-state index contributed by atoms with van der Waals surface area (Å²) in [6.45, 7) is 5.26. The van der Waals surface area contributed by atoms with E-state index in [0.717, 1.165) is 57.8 Å². The van der Waals surface area contributed by atoms with E-state index in [2.05, 4.69) is 62.5 Å². The predicted molar refractivity (Wildman–Crippen MR) is 222 cm³/mol. The van der Waals surface area contributed by atoms with Crippen LogP contribution in [0.4, 0.5) is 0 Å². The Hall–Kier alpha value is -1.54. The number of rotatable bonds is 39. The highest BCUT2D eigenvalue weighted by molar-refractivity contribution is 7.45. The van der Waals surface area contributed by atoms with Crippen molar-refractivity contribution in [3.8, 4) is 0 Å². The van der Waals surface area contributed by atoms with Gasteiger partial charge in [0, 0.05) is 13.0 Å². The first-order valence-electron chi connectivity index (χ1n) is 21.4. The molecule has 0 rings (SSSR count). The van der Waals surface area contributed by atoms with Gasteiger partial charge in [0.05, 0.1) is 34.4 Å². The normalized spacial score (nSPS) is 14.3. The van der Waals surface area contributed by atoms with Crippen LogP contribution in [0.2, 0.25) is 0 Å². The topological polar surface area (TPSA) is 94.1 Å². The van der Waals surface area contributed by atoms with Crippen LogP contribution < -0.4 is 4.89 Å². The third kappa shape index (κ3) is 41.5. The van der Waals surface area contributed by atoms with Crippen molar-refractivity contribution in [3.05, 3.63) is 48.6 Å². The number of allylic oxidation sites excluding steroid dienone is 8. The summed E-state index contributed by atoms with van der Waals surface area (Å²) in [5.74, 6) is -0.341. The van der Waals surface area contributed by atoms with Crippen molar-refractivity contribution in [1.29, 1.82) is 0 Å². The lowest BCUT2D eigenvalue weighted by atomic mass is 10.1. The Labute approximate surface area is 327 Å². The number of unbranched alkanes of at least 4 members (excludes halogenated alkanes) is 17. The SMILES string of the molecule is CC/C=C\C/C=C\C/C=C\C/C=C\CCCCCCCCCCCOCC(COP(=O)([O-])OCC[N+](C)(C)C)OC(=O)CCCCCCCCCCC. The van der Waals surface area contributed by atoms with E-state index < -0.39 is 13.9 Å². The van der Waals surface area contributed by atoms with E-state index in [1.54, 1.807) is 0 Å². The van der Waals surface area contributed by atoms with Gasteiger partial charge in [0.2, 0.25) is 0 Å². The lowest BCUT2D eigenvalue weighted by molar-refractivity contribution is -0.870. The summed E-state index contributed by atoms with van der Waals surface area (Å²) in [6, 6.07) is 0. The summed E-state index contributed by atoms with van der Waals surface area (Å²) in [6.07, 6.45) is 44.1. The highest BCUT2D eigenvalue weighted by Gasteiger charge is 2.20. The molecule has 9 heteroatoms. The van der Waals surface area contributed by atoms with Gasteiger partial charge in [0.25, 0.3) is 7.82 Å². The fraction of sp³-hybridized carbons (Fsp3) is 0.795. The average Bonchev–Trinajstić information content (AvgIpc) is 3.11. The quantitative estimate of drug-likeness (QED) is 0.0202. The van der Waals surface area contributed by atoms with E-state index >= 15 is 0 Å². The third-order valence-corrected chi connectivity index (χ3v) is 9.86. The Morgan fingerprint density at radius 3 is 1.64 bits per heavy atom. The molecule has 0 amide bonds. The van der Waals surface area contributed by atoms with Crippen LogP contribution in [0.1, 0.15) is 168 Å². The molecule has 0 aliphatic carbocycles. The molecule has 0 aliphatic heterocycles. The van der Waals surface area contributed by atoms with Crippen LogP contribution in [-0.4, -0.2) is 70.7 Å². The van der Waals surface area contributed by atoms with Crippen molar-refractivity contribution in [3.63, 3.8) is 0 Å². The Morgan fingerprint density at radius 2 is 1.09 bits per heavy atom. The van der Waals surface area contributed by atoms with E-state index in [9.17, 15) is 14.3 Å². The number of ether oxygens (including phenoxy) is 2. The van der Waals surface area contributed by atoms with Crippen LogP contribution in [0.25, 0.3) is 0 Å². The molecular weight excluding hydrogens is 685 g/mol. The standard InChI is InChI=1S/C44H82NO7P/c1-6-8-10-12-14-16-17-18-19-20-21-22-23-24-25-26-27-28-30-32-34-36-39-49-41-43(42-51-53(47,48)50-40-38-45(3,4)5)52-44(46)37-35-33-31-29-15-13-11-9-7-2/h8,10,14,16,18-19,21-22,43H,6-7,9,11-13,15,17,20,23-42H2,1-5H3/b10-8-,16-14-,19-18-,22-21-. The predicted octanol–water partition coefficient (Wildman–Crippen LogP) is 11.7. The number of esters is 1. The number of phosphoric acid groups is 1. The highest BCUT2D eigenvalue weighted by Crippen LogP contribution is 2.38. The molecule has 0 aromatic carbocycles. The van der Waals surface area contributed by atoms with Crippen LogP contribution in [0.5, 0.6) is 0 Å². The van der Waals surface area contributed by atoms with Gasteiger partial charge in [-0.25, -0.2) is 0 Å². The van der Waals surface area contributed by atoms with Crippen LogP contribution in [-0.2, 0) is 27.9 Å². The summed E-state index contributed by atoms with van der Waals surface area (Å²) in [7, 11) is 1.35. The molecule has 2 unspecified atom stereocenters. The van der Waals surface area contributed by atoms with Crippen LogP contribution in [0.3, 0.4) is 0 Å². The second kappa shape index (κ2) is 37.4. The van der Waals surface area contributed by atoms with Gasteiger partial charge in [0.15, 0.2) is 0 Å². The van der Waals surface area contributed by atoms with E-state index in [0.29, 0.717) is 24.1 Å². The van der Waals surface area contributed by atoms with Gasteiger partial charge in [-0.3, -0.25) is 9.36 Å². The van der Waals surface area contributed by atoms with Crippen LogP contribution >= 0.6 is 7.82 Å². The van der Waals surface area contributed by atoms with Gasteiger partial charge >= 0.3 is 5.97 Å². The molecule has 0 aliphatic rings. The Bertz CT molecular complexity index is 989. The summed E-state index contributed by atoms with van der Waals surface area (Å²) < 4.78 is 34.5. The number of quaternary nitrogens is 1. The van der Waals surface area contributed by atoms with E-state index in [1.807, 2.05) is 21.1 Å². The van der Waals surface area contributed by atoms with Gasteiger partial charge in [-0.15, -0.1) is 0 Å². The number of carbonyl (C=O) groups excluding carboxylic acids is 1. The van der Waals surface area contributed by atoms with Crippen LogP contribution in [0, 0.1) is 0 Å². The maximum atomic E-state index is 12.6. The molecule has 8 nitrogen and oxygen atoms in total. The molecule has 0 spiro atoms. The summed E-state index contributed by atoms with van der Waals surface area (Å²) >= 11 is 0. The number of hydrogen-bond acceptors (Lipinski definition) is 7. The first-order valence-corrected chi connectivity index (χ1v) is 22.8. The summed E-state index contributed by atoms with van der Waals surface area (Å²) in [4.78, 5) is 24.9. The largest absolute Gasteiger partial charge is 0.756 e. The molecule has 0 bridgehead atoms. The number of phosphoric ester groups is 1. The molecule has 53 heavy (non-hydrogen) atoms. The van der Waals surface area contributed by atoms with Gasteiger partial charge in [0.1, 0.15) is 19.3 Å². The Morgan fingerprint density at radius 1 is 0.604 bits per heavy atom. The van der Waals surface area contributed by atoms with Gasteiger partial charge < -0.3 is 27.9 Å². The fourth-order valence-electron chi connectivity index (χ4n) is 5.60. The number of nitrogens with zero attached hydrogens (tertiary/aromatic N) is 1. The molecule has 0 radical (unpaired) electrons. The molecule has 0 saturated heterocycles. The zero-order valence-electron chi connectivity index (χ0n) is 35.0. The molecule has 0 aromatic heterocycles. The van der Waals surface area contributed by atoms with Crippen molar-refractivity contribution in [2.45, 2.75) is 174 Å². The monoisotopic (exact) mass is 768 g/mol. The minimum Gasteiger partial charge on any atom is -0.756 e. The highest BCUT2D eigenvalue weighted by atomic mass is 31.2. The molecular formula is C44H82NO7P. The lowest BCUT2D eigenvalue weighted by Gasteiger charge is -2.28. The zero-order valence-corrected chi connectivity index (χ0v) is 35.8. The molecule has 2 atom stereocenters. The van der Waals surface area contributed by atoms with Crippen molar-refractivity contribution in [2.24, 2.45) is 0 Å². The van der Waals surface area contributed by atoms with Crippen molar-refractivity contribution >= 4 is 13.8 Å². The minimum absolute atomic E-state index is 0.0243. The summed E-state index contributed by atoms with van der Waals surface area (Å²) in [5, 5.41) is 0. The second-order valence-corrected chi connectivity index (χ2v) is 16.7. The number of likely N-dealkylation sites (N-methyl/N-ethyl adjacent to an activating group) is 1. The number of carbonyl (C=O) groups is 1. The molecule has 310 valence electrons. The smallest absolute Gasteiger partial charge is 0.306 e. The van der Waals surface area contributed by atoms with Crippen molar-refractivity contribution in [1.82, 2.24) is 0 Å². The minimum atomic E-state index is -4.52. The first kappa shape index (κ1) is 51.5. The molecule has 0 saturated carbocycles. The third-order valence-electron chi connectivity index (χ3n) is 8.89. The Balaban J connectivity index is 4.13. The second-order valence-electron chi connectivity index (χ2n) is 15.3. The average molecular weight is 768 g/mol. The van der Waals surface area contributed by atoms with E-state index in [4.69, 9.17) is 18.5 Å². The van der Waals surface area contributed by atoms with Crippen LogP contribution in [0.15, 0.2) is 48.6 Å².